The summed E-state index contributed by atoms with van der Waals surface area (Å²) in [5.41, 5.74) is 11.7. The lowest BCUT2D eigenvalue weighted by Gasteiger charge is -2.10. The summed E-state index contributed by atoms with van der Waals surface area (Å²) in [4.78, 5) is 117. The molecule has 1 aliphatic heterocycles. The Hall–Kier alpha value is -17.0. The number of carbonyl (C=O) groups is 4. The average molecular weight is 1990 g/mol. The third-order valence-corrected chi connectivity index (χ3v) is 21.5. The first-order valence-electron chi connectivity index (χ1n) is 44.0. The Balaban J connectivity index is 0.000000158. The van der Waals surface area contributed by atoms with Crippen LogP contribution >= 0.6 is 11.3 Å². The van der Waals surface area contributed by atoms with Gasteiger partial charge in [0.15, 0.2) is 0 Å². The summed E-state index contributed by atoms with van der Waals surface area (Å²) in [6.07, 6.45) is 0.863. The molecule has 39 heteroatoms. The van der Waals surface area contributed by atoms with Gasteiger partial charge < -0.3 is 36.4 Å². The lowest BCUT2D eigenvalue weighted by molar-refractivity contribution is -0.116. The van der Waals surface area contributed by atoms with E-state index in [1.54, 1.807) is 85.8 Å². The summed E-state index contributed by atoms with van der Waals surface area (Å²) in [6.45, 7) is 10.2. The van der Waals surface area contributed by atoms with Gasteiger partial charge in [-0.05, 0) is 208 Å². The highest BCUT2D eigenvalue weighted by Crippen LogP contribution is 2.29. The van der Waals surface area contributed by atoms with E-state index < -0.39 is 92.8 Å². The van der Waals surface area contributed by atoms with E-state index >= 15 is 0 Å². The van der Waals surface area contributed by atoms with Crippen molar-refractivity contribution in [3.05, 3.63) is 444 Å². The minimum atomic E-state index is -1.08. The molecule has 0 saturated heterocycles. The number of carbonyl (C=O) groups excluding carboxylic acids is 3. The molecule has 0 aliphatic carbocycles. The Labute approximate surface area is 817 Å². The van der Waals surface area contributed by atoms with E-state index in [4.69, 9.17) is 20.7 Å². The van der Waals surface area contributed by atoms with Crippen molar-refractivity contribution in [3.63, 3.8) is 0 Å². The molecule has 0 saturated carbocycles. The molecule has 6 aromatic heterocycles. The smallest absolute Gasteiger partial charge is 0.335 e. The van der Waals surface area contributed by atoms with E-state index in [1.165, 1.54) is 113 Å². The van der Waals surface area contributed by atoms with Crippen molar-refractivity contribution in [3.8, 4) is 66.9 Å². The first-order chi connectivity index (χ1) is 68.8. The Bertz CT molecular complexity index is 7650. The first kappa shape index (κ1) is 106. The van der Waals surface area contributed by atoms with Crippen molar-refractivity contribution in [2.75, 3.05) is 26.2 Å². The third-order valence-electron chi connectivity index (χ3n) is 20.5. The molecular weight excluding hydrogens is 1900 g/mol. The van der Waals surface area contributed by atoms with Gasteiger partial charge in [-0.25, -0.2) is 82.1 Å². The normalized spacial score (nSPS) is 12.1. The van der Waals surface area contributed by atoms with Crippen LogP contribution in [0.1, 0.15) is 97.0 Å². The number of nitrogens with two attached hydrogens (primary N) is 1. The largest absolute Gasteiger partial charge is 0.478 e. The number of rotatable bonds is 25. The summed E-state index contributed by atoms with van der Waals surface area (Å²) in [7, 11) is 0. The molecule has 3 atom stereocenters. The Morgan fingerprint density at radius 2 is 0.681 bits per heavy atom. The quantitative estimate of drug-likeness (QED) is 0.0289. The zero-order valence-corrected chi connectivity index (χ0v) is 78.0. The summed E-state index contributed by atoms with van der Waals surface area (Å²) in [5.74, 6) is -8.68. The molecular formula is C105H89F10N15O13S. The molecule has 0 spiro atoms. The minimum Gasteiger partial charge on any atom is -0.478 e. The van der Waals surface area contributed by atoms with Gasteiger partial charge in [0, 0.05) is 135 Å². The summed E-state index contributed by atoms with van der Waals surface area (Å²) in [5, 5.41) is 53.6. The van der Waals surface area contributed by atoms with Gasteiger partial charge in [-0.2, -0.15) is 25.5 Å². The molecule has 2 amide bonds. The number of hydrogen-bond acceptors (Lipinski definition) is 21. The molecule has 3 unspecified atom stereocenters. The number of amides is 2. The number of thiazole rings is 1. The zero-order chi connectivity index (χ0) is 104. The molecule has 7 heterocycles. The molecule has 28 nitrogen and oxygen atoms in total. The number of carboxylic acids is 1. The highest BCUT2D eigenvalue weighted by Gasteiger charge is 2.21. The molecule has 0 fully saturated rings. The van der Waals surface area contributed by atoms with Crippen LogP contribution in [-0.2, 0) is 42.3 Å². The number of nitrogens with one attached hydrogen (secondary N) is 2. The fraction of sp³-hybridized carbons (Fsp3) is 0.162. The number of aryl methyl sites for hydroxylation is 1. The predicted molar refractivity (Wildman–Crippen MR) is 519 cm³/mol. The maximum Gasteiger partial charge on any atom is 0.335 e. The van der Waals surface area contributed by atoms with Crippen LogP contribution in [0, 0.1) is 65.1 Å². The van der Waals surface area contributed by atoms with Gasteiger partial charge >= 0.3 is 5.97 Å². The van der Waals surface area contributed by atoms with Crippen molar-refractivity contribution in [2.24, 2.45) is 10.7 Å². The molecule has 1 aliphatic rings. The van der Waals surface area contributed by atoms with Crippen molar-refractivity contribution in [1.82, 2.24) is 64.5 Å². The fourth-order valence-electron chi connectivity index (χ4n) is 13.8. The first-order valence-corrected chi connectivity index (χ1v) is 44.8. The van der Waals surface area contributed by atoms with E-state index in [2.05, 4.69) is 46.1 Å². The van der Waals surface area contributed by atoms with E-state index in [-0.39, 0.29) is 131 Å². The number of carboxylic acid groups (broad SMARTS) is 1. The monoisotopic (exact) mass is 1990 g/mol. The Morgan fingerprint density at radius 3 is 0.958 bits per heavy atom. The number of hydrogen-bond donors (Lipinski definition) is 6. The lowest BCUT2D eigenvalue weighted by atomic mass is 10.1. The molecule has 16 aromatic rings. The van der Waals surface area contributed by atoms with Gasteiger partial charge in [0.2, 0.25) is 5.90 Å². The van der Waals surface area contributed by atoms with Crippen LogP contribution in [-0.4, -0.2) is 143 Å². The standard InChI is InChI=1S/C21H19F2N3O3.C21H17F2N3O3.C21H17F2N3O2.C21H15F2N3OS.C18H12F2N2O3.C3H9NO/c2*1-13(27)11-24-21(29)15-4-2-3-14(7-15)12-26-20(28)6-5-19(25-26)16-8-17(22)10-18(23)9-16;2*1-13-11-24-21(28-13)15-4-2-3-14(7-15)12-26-20(27)6-5-19(25-26)16-8-17(22)10-18(23)9-16;19-14-7-13(8-15(20)9-14)16-4-5-17(23)22(21-16)10-11-2-1-3-12(6-11)18(24)25;1-3(5)2-4/h2-10,13,27H,11-12H2,1H3,(H,24,29);2-10H,11-12H2,1H3,(H,24,29);2-10,13H,11-12H2,1H3;2-11H,12H2,1H3;1-9H,10H2,(H,24,25);3,5H,2,4H2,1H3. The number of ether oxygens (including phenoxy) is 1. The van der Waals surface area contributed by atoms with Gasteiger partial charge in [0.1, 0.15) is 75.1 Å². The number of halogens is 10. The Morgan fingerprint density at radius 1 is 0.396 bits per heavy atom. The van der Waals surface area contributed by atoms with E-state index in [9.17, 15) is 92.2 Å². The molecule has 738 valence electrons. The maximum absolute atomic E-state index is 13.5. The van der Waals surface area contributed by atoms with Crippen LogP contribution in [0.15, 0.2) is 308 Å². The summed E-state index contributed by atoms with van der Waals surface area (Å²) in [6, 6.07) is 63.3. The number of benzene rings is 10. The number of ketones is 1. The van der Waals surface area contributed by atoms with Crippen LogP contribution in [0.25, 0.3) is 66.9 Å². The minimum absolute atomic E-state index is 0.0333. The maximum atomic E-state index is 13.5. The highest BCUT2D eigenvalue weighted by atomic mass is 32.1. The van der Waals surface area contributed by atoms with Gasteiger partial charge in [-0.1, -0.05) is 66.7 Å². The number of aromatic carboxylic acids is 1. The van der Waals surface area contributed by atoms with Crippen LogP contribution < -0.4 is 44.2 Å². The number of aliphatic hydroxyl groups is 2. The molecule has 0 bridgehead atoms. The molecule has 17 rings (SSSR count). The second-order valence-electron chi connectivity index (χ2n) is 32.5. The fourth-order valence-corrected chi connectivity index (χ4v) is 14.5. The summed E-state index contributed by atoms with van der Waals surface area (Å²) >= 11 is 1.60. The molecule has 0 radical (unpaired) electrons. The van der Waals surface area contributed by atoms with Crippen LogP contribution in [0.5, 0.6) is 0 Å². The third kappa shape index (κ3) is 31.2. The second-order valence-corrected chi connectivity index (χ2v) is 33.8. The molecule has 10 aromatic carbocycles. The number of nitrogens with zero attached hydrogens (tertiary/aromatic N) is 12. The van der Waals surface area contributed by atoms with Crippen LogP contribution in [0.4, 0.5) is 43.9 Å². The van der Waals surface area contributed by atoms with Crippen molar-refractivity contribution in [2.45, 2.75) is 85.7 Å². The summed E-state index contributed by atoms with van der Waals surface area (Å²) < 4.78 is 146. The van der Waals surface area contributed by atoms with E-state index in [0.717, 1.165) is 113 Å². The average Bonchev–Trinajstić information content (AvgIpc) is 1.19. The van der Waals surface area contributed by atoms with E-state index in [0.29, 0.717) is 58.2 Å². The number of aliphatic imine (C=N–C) groups is 1. The van der Waals surface area contributed by atoms with Crippen LogP contribution in [0.2, 0.25) is 0 Å². The van der Waals surface area contributed by atoms with Crippen molar-refractivity contribution >= 4 is 40.8 Å². The Kier molecular flexibility index (Phi) is 36.5. The van der Waals surface area contributed by atoms with Gasteiger partial charge in [-0.3, -0.25) is 38.4 Å². The van der Waals surface area contributed by atoms with Crippen LogP contribution in [0.3, 0.4) is 0 Å². The second kappa shape index (κ2) is 49.7. The number of aliphatic hydroxyl groups excluding tert-OH is 2. The van der Waals surface area contributed by atoms with Gasteiger partial charge in [0.05, 0.1) is 92.1 Å². The predicted octanol–water partition coefficient (Wildman–Crippen LogP) is 15.2. The van der Waals surface area contributed by atoms with Crippen molar-refractivity contribution < 1.29 is 83.1 Å². The number of aromatic nitrogens is 11. The molecule has 7 N–H and O–H groups in total. The lowest BCUT2D eigenvalue weighted by Crippen LogP contribution is -2.30. The SMILES string of the molecule is CC(=O)CNC(=O)c1cccc(Cn2nc(-c3cc(F)cc(F)c3)ccc2=O)c1.CC(O)CN.CC(O)CNC(=O)c1cccc(Cn2nc(-c3cc(F)cc(F)c3)ccc2=O)c1.CC1CN=C(c2cccc(Cn3nc(-c4cc(F)cc(F)c4)ccc3=O)c2)O1.Cc1cnc(-c2cccc(Cn3nc(-c4cc(F)cc(F)c4)ccc3=O)c2)s1.O=C(O)c1cccc(Cn2nc(-c3cc(F)cc(F)c3)ccc2=O)c1. The van der Waals surface area contributed by atoms with Gasteiger partial charge in [-0.15, -0.1) is 11.3 Å². The van der Waals surface area contributed by atoms with E-state index in [1.807, 2.05) is 68.6 Å². The highest BCUT2D eigenvalue weighted by molar-refractivity contribution is 7.14. The topological polar surface area (TPSA) is 388 Å². The zero-order valence-electron chi connectivity index (χ0n) is 77.2. The van der Waals surface area contributed by atoms with Crippen molar-refractivity contribution in [1.29, 1.82) is 0 Å². The van der Waals surface area contributed by atoms with Gasteiger partial charge in [0.25, 0.3) is 39.6 Å². The number of Topliss-reactive ketones (excluding diaryl/α,β-unsaturated/α-hetero) is 1. The molecule has 144 heavy (non-hydrogen) atoms.